The summed E-state index contributed by atoms with van der Waals surface area (Å²) in [6, 6.07) is 0. The number of carbonyl (C=O) groups excluding carboxylic acids is 1. The van der Waals surface area contributed by atoms with Crippen LogP contribution >= 0.6 is 0 Å². The first-order valence-corrected chi connectivity index (χ1v) is 6.03. The molecule has 86 valence electrons. The van der Waals surface area contributed by atoms with Crippen LogP contribution in [0.4, 0.5) is 0 Å². The molecule has 2 rings (SSSR count). The molecule has 4 nitrogen and oxygen atoms in total. The second-order valence-electron chi connectivity index (χ2n) is 4.68. The van der Waals surface area contributed by atoms with E-state index in [1.807, 2.05) is 0 Å². The molecular formula is C12H17N3O. The number of carbonyl (C=O) groups is 1. The highest BCUT2D eigenvalue weighted by Gasteiger charge is 2.45. The van der Waals surface area contributed by atoms with E-state index in [9.17, 15) is 4.79 Å². The molecule has 0 heterocycles. The van der Waals surface area contributed by atoms with Crippen LogP contribution in [0.15, 0.2) is 16.8 Å². The summed E-state index contributed by atoms with van der Waals surface area (Å²) in [5, 5.41) is 3.54. The Labute approximate surface area is 95.3 Å². The van der Waals surface area contributed by atoms with Crippen molar-refractivity contribution >= 4 is 5.78 Å². The van der Waals surface area contributed by atoms with E-state index in [-0.39, 0.29) is 5.41 Å². The first-order valence-electron chi connectivity index (χ1n) is 6.03. The third-order valence-corrected chi connectivity index (χ3v) is 3.89. The van der Waals surface area contributed by atoms with Crippen molar-refractivity contribution in [2.45, 2.75) is 44.9 Å². The summed E-state index contributed by atoms with van der Waals surface area (Å²) in [7, 11) is 0. The van der Waals surface area contributed by atoms with Gasteiger partial charge in [0.25, 0.3) is 0 Å². The topological polar surface area (TPSA) is 65.8 Å². The van der Waals surface area contributed by atoms with Gasteiger partial charge in [-0.1, -0.05) is 16.8 Å². The molecule has 2 aliphatic carbocycles. The molecule has 1 fully saturated rings. The number of fused-ring (bicyclic) bond motifs is 1. The lowest BCUT2D eigenvalue weighted by atomic mass is 9.70. The zero-order valence-corrected chi connectivity index (χ0v) is 9.48. The van der Waals surface area contributed by atoms with Gasteiger partial charge in [-0.25, -0.2) is 0 Å². The van der Waals surface area contributed by atoms with Crippen LogP contribution in [0.1, 0.15) is 44.9 Å². The minimum absolute atomic E-state index is 0.163. The van der Waals surface area contributed by atoms with E-state index in [1.165, 1.54) is 5.57 Å². The number of hydrogen-bond donors (Lipinski definition) is 0. The van der Waals surface area contributed by atoms with Crippen molar-refractivity contribution in [2.24, 2.45) is 10.5 Å². The van der Waals surface area contributed by atoms with Crippen molar-refractivity contribution in [2.75, 3.05) is 6.54 Å². The first kappa shape index (κ1) is 11.2. The first-order chi connectivity index (χ1) is 7.79. The Kier molecular flexibility index (Phi) is 3.30. The SMILES string of the molecule is [N-]=[N+]=NCCC[C@@]12CCCC=C1CCC2=O. The minimum atomic E-state index is -0.163. The molecule has 1 atom stereocenters. The van der Waals surface area contributed by atoms with Crippen LogP contribution in [0.2, 0.25) is 0 Å². The highest BCUT2D eigenvalue weighted by molar-refractivity contribution is 5.91. The lowest BCUT2D eigenvalue weighted by Crippen LogP contribution is -2.29. The zero-order valence-electron chi connectivity index (χ0n) is 9.48. The van der Waals surface area contributed by atoms with Crippen LogP contribution in [0.3, 0.4) is 0 Å². The van der Waals surface area contributed by atoms with Crippen molar-refractivity contribution in [1.29, 1.82) is 0 Å². The van der Waals surface area contributed by atoms with Gasteiger partial charge in [-0.05, 0) is 44.1 Å². The van der Waals surface area contributed by atoms with Crippen LogP contribution in [0, 0.1) is 5.41 Å². The highest BCUT2D eigenvalue weighted by atomic mass is 16.1. The Hall–Kier alpha value is -1.28. The van der Waals surface area contributed by atoms with Gasteiger partial charge >= 0.3 is 0 Å². The van der Waals surface area contributed by atoms with E-state index in [0.29, 0.717) is 18.7 Å². The van der Waals surface area contributed by atoms with E-state index in [2.05, 4.69) is 16.1 Å². The second kappa shape index (κ2) is 4.71. The van der Waals surface area contributed by atoms with Gasteiger partial charge in [0.05, 0.1) is 0 Å². The second-order valence-corrected chi connectivity index (χ2v) is 4.68. The van der Waals surface area contributed by atoms with Gasteiger partial charge < -0.3 is 0 Å². The zero-order chi connectivity index (χ0) is 11.4. The fourth-order valence-electron chi connectivity index (χ4n) is 3.10. The number of Topliss-reactive ketones (excluding diaryl/α,β-unsaturated/α-hetero) is 1. The Bertz CT molecular complexity index is 368. The lowest BCUT2D eigenvalue weighted by Gasteiger charge is -2.32. The molecule has 0 unspecified atom stereocenters. The van der Waals surface area contributed by atoms with E-state index in [0.717, 1.165) is 38.5 Å². The van der Waals surface area contributed by atoms with Gasteiger partial charge in [0.1, 0.15) is 5.78 Å². The maximum Gasteiger partial charge on any atom is 0.143 e. The van der Waals surface area contributed by atoms with E-state index in [4.69, 9.17) is 5.53 Å². The van der Waals surface area contributed by atoms with E-state index >= 15 is 0 Å². The third kappa shape index (κ3) is 1.85. The standard InChI is InChI=1S/C12H17N3O/c13-15-14-9-3-8-12-7-2-1-4-10(12)5-6-11(12)16/h4H,1-3,5-9H2/t12-/m0/s1. The largest absolute Gasteiger partial charge is 0.299 e. The summed E-state index contributed by atoms with van der Waals surface area (Å²) in [4.78, 5) is 14.8. The number of ketones is 1. The Morgan fingerprint density at radius 3 is 3.19 bits per heavy atom. The molecule has 0 spiro atoms. The molecule has 0 bridgehead atoms. The number of allylic oxidation sites excluding steroid dienone is 2. The molecule has 4 heteroatoms. The normalized spacial score (nSPS) is 28.2. The van der Waals surface area contributed by atoms with E-state index in [1.54, 1.807) is 0 Å². The maximum atomic E-state index is 12.0. The van der Waals surface area contributed by atoms with Crippen LogP contribution in [-0.2, 0) is 4.79 Å². The summed E-state index contributed by atoms with van der Waals surface area (Å²) in [6.45, 7) is 0.513. The Morgan fingerprint density at radius 2 is 2.38 bits per heavy atom. The van der Waals surface area contributed by atoms with Crippen molar-refractivity contribution < 1.29 is 4.79 Å². The molecule has 0 aliphatic heterocycles. The molecule has 0 N–H and O–H groups in total. The number of rotatable bonds is 4. The lowest BCUT2D eigenvalue weighted by molar-refractivity contribution is -0.125. The molecule has 0 aromatic rings. The third-order valence-electron chi connectivity index (χ3n) is 3.89. The van der Waals surface area contributed by atoms with Gasteiger partial charge in [-0.2, -0.15) is 0 Å². The van der Waals surface area contributed by atoms with Gasteiger partial charge in [0, 0.05) is 23.3 Å². The van der Waals surface area contributed by atoms with Crippen molar-refractivity contribution in [3.63, 3.8) is 0 Å². The van der Waals surface area contributed by atoms with Crippen LogP contribution < -0.4 is 0 Å². The number of nitrogens with zero attached hydrogens (tertiary/aromatic N) is 3. The maximum absolute atomic E-state index is 12.0. The predicted molar refractivity (Wildman–Crippen MR) is 61.9 cm³/mol. The molecule has 2 aliphatic rings. The minimum Gasteiger partial charge on any atom is -0.299 e. The smallest absolute Gasteiger partial charge is 0.143 e. The molecule has 0 amide bonds. The predicted octanol–water partition coefficient (Wildman–Crippen LogP) is 3.54. The highest BCUT2D eigenvalue weighted by Crippen LogP contribution is 2.49. The summed E-state index contributed by atoms with van der Waals surface area (Å²) >= 11 is 0. The van der Waals surface area contributed by atoms with Crippen LogP contribution in [0.25, 0.3) is 10.4 Å². The molecule has 0 aromatic heterocycles. The summed E-state index contributed by atoms with van der Waals surface area (Å²) in [6.07, 6.45) is 8.89. The van der Waals surface area contributed by atoms with Crippen molar-refractivity contribution in [3.05, 3.63) is 22.1 Å². The van der Waals surface area contributed by atoms with Crippen LogP contribution in [-0.4, -0.2) is 12.3 Å². The summed E-state index contributed by atoms with van der Waals surface area (Å²) < 4.78 is 0. The van der Waals surface area contributed by atoms with Gasteiger partial charge in [-0.3, -0.25) is 4.79 Å². The average molecular weight is 219 g/mol. The monoisotopic (exact) mass is 219 g/mol. The molecule has 0 radical (unpaired) electrons. The van der Waals surface area contributed by atoms with Crippen molar-refractivity contribution in [1.82, 2.24) is 0 Å². The average Bonchev–Trinajstić information content (AvgIpc) is 2.64. The number of azide groups is 1. The molecule has 0 aromatic carbocycles. The summed E-state index contributed by atoms with van der Waals surface area (Å²) in [5.41, 5.74) is 9.42. The van der Waals surface area contributed by atoms with E-state index < -0.39 is 0 Å². The van der Waals surface area contributed by atoms with Crippen LogP contribution in [0.5, 0.6) is 0 Å². The summed E-state index contributed by atoms with van der Waals surface area (Å²) in [5.74, 6) is 0.416. The molecular weight excluding hydrogens is 202 g/mol. The molecule has 0 saturated heterocycles. The molecule has 1 saturated carbocycles. The van der Waals surface area contributed by atoms with Gasteiger partial charge in [-0.15, -0.1) is 0 Å². The fraction of sp³-hybridized carbons (Fsp3) is 0.750. The Morgan fingerprint density at radius 1 is 1.50 bits per heavy atom. The molecule has 16 heavy (non-hydrogen) atoms. The number of hydrogen-bond acceptors (Lipinski definition) is 2. The Balaban J connectivity index is 2.07. The fourth-order valence-corrected chi connectivity index (χ4v) is 3.10. The van der Waals surface area contributed by atoms with Gasteiger partial charge in [0.15, 0.2) is 0 Å². The quantitative estimate of drug-likeness (QED) is 0.234. The van der Waals surface area contributed by atoms with Crippen molar-refractivity contribution in [3.8, 4) is 0 Å². The van der Waals surface area contributed by atoms with Gasteiger partial charge in [0.2, 0.25) is 0 Å².